The number of nitrogens with zero attached hydrogens (tertiary/aromatic N) is 1. The van der Waals surface area contributed by atoms with Crippen LogP contribution in [0.4, 0.5) is 5.69 Å². The molecule has 1 heterocycles. The normalized spacial score (nSPS) is 14.8. The first-order valence-corrected chi connectivity index (χ1v) is 11.1. The number of esters is 1. The lowest BCUT2D eigenvalue weighted by atomic mass is 9.86. The summed E-state index contributed by atoms with van der Waals surface area (Å²) >= 11 is 0. The van der Waals surface area contributed by atoms with Crippen molar-refractivity contribution in [2.45, 2.75) is 58.4 Å². The third-order valence-corrected chi connectivity index (χ3v) is 6.22. The van der Waals surface area contributed by atoms with E-state index in [1.165, 1.54) is 43.0 Å². The highest BCUT2D eigenvalue weighted by Gasteiger charge is 2.16. The van der Waals surface area contributed by atoms with Gasteiger partial charge in [0.1, 0.15) is 0 Å². The van der Waals surface area contributed by atoms with E-state index in [1.807, 2.05) is 30.3 Å². The number of carbonyl (C=O) groups excluding carboxylic acids is 2. The van der Waals surface area contributed by atoms with Crippen molar-refractivity contribution in [3.05, 3.63) is 42.5 Å². The first-order chi connectivity index (χ1) is 14.7. The second kappa shape index (κ2) is 9.33. The molecule has 0 aliphatic heterocycles. The number of fused-ring (bicyclic) bond motifs is 3. The zero-order chi connectivity index (χ0) is 20.9. The topological polar surface area (TPSA) is 60.3 Å². The van der Waals surface area contributed by atoms with E-state index in [0.29, 0.717) is 18.0 Å². The number of aromatic nitrogens is 1. The van der Waals surface area contributed by atoms with E-state index in [2.05, 4.69) is 28.9 Å². The molecule has 5 nitrogen and oxygen atoms in total. The smallest absolute Gasteiger partial charge is 0.306 e. The minimum absolute atomic E-state index is 0.238. The van der Waals surface area contributed by atoms with Gasteiger partial charge < -0.3 is 14.6 Å². The van der Waals surface area contributed by atoms with Gasteiger partial charge in [-0.25, -0.2) is 0 Å². The summed E-state index contributed by atoms with van der Waals surface area (Å²) in [5.74, 6) is 0.0499. The van der Waals surface area contributed by atoms with Crippen molar-refractivity contribution < 1.29 is 14.3 Å². The number of amides is 1. The lowest BCUT2D eigenvalue weighted by Crippen LogP contribution is -2.21. The molecule has 1 saturated carbocycles. The molecule has 1 aliphatic carbocycles. The van der Waals surface area contributed by atoms with E-state index in [4.69, 9.17) is 4.74 Å². The minimum Gasteiger partial charge on any atom is -0.456 e. The quantitative estimate of drug-likeness (QED) is 0.515. The van der Waals surface area contributed by atoms with Crippen molar-refractivity contribution in [2.24, 2.45) is 5.92 Å². The summed E-state index contributed by atoms with van der Waals surface area (Å²) in [5.41, 5.74) is 3.04. The number of carbonyl (C=O) groups is 2. The molecule has 0 atom stereocenters. The number of rotatable bonds is 7. The Morgan fingerprint density at radius 2 is 1.80 bits per heavy atom. The molecule has 158 valence electrons. The van der Waals surface area contributed by atoms with Gasteiger partial charge in [0.25, 0.3) is 5.91 Å². The van der Waals surface area contributed by atoms with E-state index >= 15 is 0 Å². The Labute approximate surface area is 177 Å². The molecule has 1 aromatic heterocycles. The summed E-state index contributed by atoms with van der Waals surface area (Å²) in [5, 5.41) is 5.13. The maximum Gasteiger partial charge on any atom is 0.306 e. The fourth-order valence-electron chi connectivity index (χ4n) is 4.69. The molecule has 1 aliphatic rings. The van der Waals surface area contributed by atoms with Crippen molar-refractivity contribution >= 4 is 39.4 Å². The van der Waals surface area contributed by atoms with Gasteiger partial charge in [0.05, 0.1) is 0 Å². The average Bonchev–Trinajstić information content (AvgIpc) is 3.10. The molecule has 0 radical (unpaired) electrons. The molecular formula is C25H30N2O3. The lowest BCUT2D eigenvalue weighted by molar-refractivity contribution is -0.147. The first-order valence-electron chi connectivity index (χ1n) is 11.1. The number of para-hydroxylation sites is 1. The van der Waals surface area contributed by atoms with Crippen LogP contribution in [0.3, 0.4) is 0 Å². The van der Waals surface area contributed by atoms with Gasteiger partial charge in [-0.05, 0) is 43.5 Å². The summed E-state index contributed by atoms with van der Waals surface area (Å²) in [4.78, 5) is 24.3. The highest BCUT2D eigenvalue weighted by Crippen LogP contribution is 2.31. The summed E-state index contributed by atoms with van der Waals surface area (Å²) in [7, 11) is 0. The third-order valence-electron chi connectivity index (χ3n) is 6.22. The van der Waals surface area contributed by atoms with Gasteiger partial charge in [-0.15, -0.1) is 0 Å². The van der Waals surface area contributed by atoms with Crippen LogP contribution in [0.2, 0.25) is 0 Å². The maximum absolute atomic E-state index is 12.3. The number of benzene rings is 2. The second-order valence-corrected chi connectivity index (χ2v) is 8.24. The molecule has 2 aromatic carbocycles. The number of hydrogen-bond acceptors (Lipinski definition) is 3. The van der Waals surface area contributed by atoms with E-state index in [0.717, 1.165) is 23.9 Å². The average molecular weight is 407 g/mol. The van der Waals surface area contributed by atoms with Crippen LogP contribution in [0.25, 0.3) is 21.8 Å². The Balaban J connectivity index is 1.35. The lowest BCUT2D eigenvalue weighted by Gasteiger charge is -2.20. The van der Waals surface area contributed by atoms with Crippen molar-refractivity contribution in [1.82, 2.24) is 4.57 Å². The number of aryl methyl sites for hydroxylation is 1. The highest BCUT2D eigenvalue weighted by molar-refractivity contribution is 6.09. The molecule has 30 heavy (non-hydrogen) atoms. The summed E-state index contributed by atoms with van der Waals surface area (Å²) in [6, 6.07) is 14.2. The number of anilines is 1. The number of hydrogen-bond donors (Lipinski definition) is 1. The number of ether oxygens (including phenoxy) is 1. The fraction of sp³-hybridized carbons (Fsp3) is 0.440. The summed E-state index contributed by atoms with van der Waals surface area (Å²) < 4.78 is 7.46. The predicted octanol–water partition coefficient (Wildman–Crippen LogP) is 5.66. The van der Waals surface area contributed by atoms with E-state index in [-0.39, 0.29) is 18.5 Å². The zero-order valence-electron chi connectivity index (χ0n) is 17.7. The second-order valence-electron chi connectivity index (χ2n) is 8.24. The Morgan fingerprint density at radius 1 is 1.03 bits per heavy atom. The van der Waals surface area contributed by atoms with Crippen molar-refractivity contribution in [3.63, 3.8) is 0 Å². The van der Waals surface area contributed by atoms with Crippen LogP contribution in [-0.2, 0) is 20.9 Å². The molecule has 1 N–H and O–H groups in total. The molecule has 0 spiro atoms. The van der Waals surface area contributed by atoms with Crippen molar-refractivity contribution in [2.75, 3.05) is 11.9 Å². The van der Waals surface area contributed by atoms with Gasteiger partial charge in [0, 0.05) is 40.5 Å². The van der Waals surface area contributed by atoms with Gasteiger partial charge >= 0.3 is 5.97 Å². The van der Waals surface area contributed by atoms with Gasteiger partial charge in [-0.3, -0.25) is 9.59 Å². The fourth-order valence-corrected chi connectivity index (χ4v) is 4.69. The third kappa shape index (κ3) is 4.50. The van der Waals surface area contributed by atoms with E-state index in [1.54, 1.807) is 0 Å². The molecule has 1 fully saturated rings. The molecule has 4 rings (SSSR count). The van der Waals surface area contributed by atoms with Crippen molar-refractivity contribution in [3.8, 4) is 0 Å². The SMILES string of the molecule is CCn1c2ccccc2c2cc(NC(=O)COC(=O)CCC3CCCCC3)ccc21. The van der Waals surface area contributed by atoms with Gasteiger partial charge in [0.2, 0.25) is 0 Å². The van der Waals surface area contributed by atoms with Crippen LogP contribution in [0.15, 0.2) is 42.5 Å². The molecular weight excluding hydrogens is 376 g/mol. The Kier molecular flexibility index (Phi) is 6.36. The Morgan fingerprint density at radius 3 is 2.60 bits per heavy atom. The van der Waals surface area contributed by atoms with E-state index in [9.17, 15) is 9.59 Å². The highest BCUT2D eigenvalue weighted by atomic mass is 16.5. The zero-order valence-corrected chi connectivity index (χ0v) is 17.7. The predicted molar refractivity (Wildman–Crippen MR) is 121 cm³/mol. The maximum atomic E-state index is 12.3. The monoisotopic (exact) mass is 406 g/mol. The van der Waals surface area contributed by atoms with Gasteiger partial charge in [-0.1, -0.05) is 50.3 Å². The van der Waals surface area contributed by atoms with E-state index < -0.39 is 0 Å². The minimum atomic E-state index is -0.306. The molecule has 5 heteroatoms. The largest absolute Gasteiger partial charge is 0.456 e. The van der Waals surface area contributed by atoms with Crippen LogP contribution >= 0.6 is 0 Å². The van der Waals surface area contributed by atoms with Crippen molar-refractivity contribution in [1.29, 1.82) is 0 Å². The first kappa shape index (κ1) is 20.5. The standard InChI is InChI=1S/C25H30N2O3/c1-2-27-22-11-7-6-10-20(22)21-16-19(13-14-23(21)27)26-24(28)17-30-25(29)15-12-18-8-4-3-5-9-18/h6-7,10-11,13-14,16,18H,2-5,8-9,12,15,17H2,1H3,(H,26,28). The Bertz CT molecular complexity index is 1050. The molecule has 1 amide bonds. The number of nitrogens with one attached hydrogen (secondary N) is 1. The van der Waals surface area contributed by atoms with Crippen LogP contribution in [0.5, 0.6) is 0 Å². The van der Waals surface area contributed by atoms with Crippen LogP contribution < -0.4 is 5.32 Å². The van der Waals surface area contributed by atoms with Crippen LogP contribution in [0.1, 0.15) is 51.9 Å². The van der Waals surface area contributed by atoms with Gasteiger partial charge in [-0.2, -0.15) is 0 Å². The van der Waals surface area contributed by atoms with Gasteiger partial charge in [0.15, 0.2) is 6.61 Å². The summed E-state index contributed by atoms with van der Waals surface area (Å²) in [6.07, 6.45) is 7.55. The molecule has 0 unspecified atom stereocenters. The molecule has 0 bridgehead atoms. The summed E-state index contributed by atoms with van der Waals surface area (Å²) in [6.45, 7) is 2.77. The Hall–Kier alpha value is -2.82. The molecule has 0 saturated heterocycles. The van der Waals surface area contributed by atoms with Crippen LogP contribution in [-0.4, -0.2) is 23.1 Å². The van der Waals surface area contributed by atoms with Crippen LogP contribution in [0, 0.1) is 5.92 Å². The molecule has 3 aromatic rings.